The zero-order chi connectivity index (χ0) is 11.2. The summed E-state index contributed by atoms with van der Waals surface area (Å²) in [5.74, 6) is 0. The Hall–Kier alpha value is -1.20. The molecule has 0 aromatic heterocycles. The van der Waals surface area contributed by atoms with E-state index in [2.05, 4.69) is 10.1 Å². The minimum Gasteiger partial charge on any atom is -0.440 e. The Morgan fingerprint density at radius 1 is 1.43 bits per heavy atom. The summed E-state index contributed by atoms with van der Waals surface area (Å²) in [6.07, 6.45) is -3.89. The molecule has 0 rings (SSSR count). The molecule has 0 saturated carbocycles. The monoisotopic (exact) mass is 211 g/mol. The summed E-state index contributed by atoms with van der Waals surface area (Å²) in [7, 11) is 0. The fourth-order valence-corrected chi connectivity index (χ4v) is 0.537. The van der Waals surface area contributed by atoms with Crippen LogP contribution in [0.25, 0.3) is 0 Å². The number of carbonyl (C=O) groups is 1. The molecule has 1 N–H and O–H groups in total. The molecule has 0 heterocycles. The van der Waals surface area contributed by atoms with Gasteiger partial charge in [-0.25, -0.2) is 4.79 Å². The van der Waals surface area contributed by atoms with Crippen molar-refractivity contribution >= 4 is 6.09 Å². The van der Waals surface area contributed by atoms with Gasteiger partial charge in [0.05, 0.1) is 0 Å². The minimum atomic E-state index is -4.48. The Bertz CT molecular complexity index is 219. The third kappa shape index (κ3) is 8.89. The lowest BCUT2D eigenvalue weighted by molar-refractivity contribution is -0.160. The first-order valence-electron chi connectivity index (χ1n) is 3.92. The molecular formula is C8H12F3NO2. The van der Waals surface area contributed by atoms with Crippen molar-refractivity contribution in [3.63, 3.8) is 0 Å². The number of amides is 1. The van der Waals surface area contributed by atoms with Gasteiger partial charge in [0.25, 0.3) is 0 Å². The molecule has 3 nitrogen and oxygen atoms in total. The molecule has 6 heteroatoms. The van der Waals surface area contributed by atoms with Gasteiger partial charge in [0, 0.05) is 6.54 Å². The number of alkyl carbamates (subject to hydrolysis) is 1. The fraction of sp³-hybridized carbons (Fsp3) is 0.625. The standard InChI is InChI=1S/C8H12F3NO2/c1-6(2)3-4-12-7(13)14-5-8(9,10)11/h3H,4-5H2,1-2H3,(H,12,13). The molecule has 0 bridgehead atoms. The third-order valence-electron chi connectivity index (χ3n) is 1.12. The molecule has 0 aliphatic rings. The van der Waals surface area contributed by atoms with Crippen LogP contribution < -0.4 is 5.32 Å². The van der Waals surface area contributed by atoms with Gasteiger partial charge in [-0.15, -0.1) is 0 Å². The molecule has 0 saturated heterocycles. The third-order valence-corrected chi connectivity index (χ3v) is 1.12. The van der Waals surface area contributed by atoms with Gasteiger partial charge in [-0.1, -0.05) is 11.6 Å². The maximum atomic E-state index is 11.5. The van der Waals surface area contributed by atoms with Crippen molar-refractivity contribution < 1.29 is 22.7 Å². The molecule has 1 amide bonds. The first-order valence-corrected chi connectivity index (χ1v) is 3.92. The van der Waals surface area contributed by atoms with E-state index >= 15 is 0 Å². The van der Waals surface area contributed by atoms with Crippen molar-refractivity contribution in [2.75, 3.05) is 13.2 Å². The van der Waals surface area contributed by atoms with Crippen molar-refractivity contribution in [3.8, 4) is 0 Å². The van der Waals surface area contributed by atoms with E-state index in [-0.39, 0.29) is 6.54 Å². The number of hydrogen-bond acceptors (Lipinski definition) is 2. The molecule has 0 aliphatic heterocycles. The number of nitrogens with one attached hydrogen (secondary N) is 1. The fourth-order valence-electron chi connectivity index (χ4n) is 0.537. The zero-order valence-electron chi connectivity index (χ0n) is 7.94. The molecule has 0 aromatic rings. The van der Waals surface area contributed by atoms with Crippen LogP contribution in [0.4, 0.5) is 18.0 Å². The number of hydrogen-bond donors (Lipinski definition) is 1. The van der Waals surface area contributed by atoms with E-state index in [1.807, 2.05) is 13.8 Å². The second-order valence-electron chi connectivity index (χ2n) is 2.85. The zero-order valence-corrected chi connectivity index (χ0v) is 7.94. The lowest BCUT2D eigenvalue weighted by atomic mass is 10.3. The maximum absolute atomic E-state index is 11.5. The minimum absolute atomic E-state index is 0.166. The summed E-state index contributed by atoms with van der Waals surface area (Å²) in [6.45, 7) is 2.22. The molecular weight excluding hydrogens is 199 g/mol. The average molecular weight is 211 g/mol. The van der Waals surface area contributed by atoms with Gasteiger partial charge in [0.15, 0.2) is 6.61 Å². The highest BCUT2D eigenvalue weighted by atomic mass is 19.4. The predicted molar refractivity (Wildman–Crippen MR) is 44.8 cm³/mol. The van der Waals surface area contributed by atoms with E-state index in [0.29, 0.717) is 0 Å². The van der Waals surface area contributed by atoms with Gasteiger partial charge in [-0.2, -0.15) is 13.2 Å². The normalized spacial score (nSPS) is 10.6. The number of carbonyl (C=O) groups excluding carboxylic acids is 1. The molecule has 0 radical (unpaired) electrons. The predicted octanol–water partition coefficient (Wildman–Crippen LogP) is 2.24. The van der Waals surface area contributed by atoms with Crippen LogP contribution >= 0.6 is 0 Å². The van der Waals surface area contributed by atoms with Crippen LogP contribution in [-0.2, 0) is 4.74 Å². The number of ether oxygens (including phenoxy) is 1. The molecule has 0 aromatic carbocycles. The summed E-state index contributed by atoms with van der Waals surface area (Å²) >= 11 is 0. The van der Waals surface area contributed by atoms with Crippen LogP contribution in [0.1, 0.15) is 13.8 Å². The molecule has 82 valence electrons. The molecule has 0 spiro atoms. The van der Waals surface area contributed by atoms with Crippen LogP contribution in [0.5, 0.6) is 0 Å². The van der Waals surface area contributed by atoms with Crippen molar-refractivity contribution in [2.24, 2.45) is 0 Å². The number of alkyl halides is 3. The first kappa shape index (κ1) is 12.8. The van der Waals surface area contributed by atoms with E-state index in [1.54, 1.807) is 6.08 Å². The summed E-state index contributed by atoms with van der Waals surface area (Å²) in [5.41, 5.74) is 0.959. The van der Waals surface area contributed by atoms with Crippen LogP contribution in [0.3, 0.4) is 0 Å². The summed E-state index contributed by atoms with van der Waals surface area (Å²) in [4.78, 5) is 10.6. The topological polar surface area (TPSA) is 38.3 Å². The quantitative estimate of drug-likeness (QED) is 0.727. The van der Waals surface area contributed by atoms with Gasteiger partial charge >= 0.3 is 12.3 Å². The smallest absolute Gasteiger partial charge is 0.422 e. The highest BCUT2D eigenvalue weighted by Gasteiger charge is 2.29. The van der Waals surface area contributed by atoms with E-state index in [9.17, 15) is 18.0 Å². The van der Waals surface area contributed by atoms with Crippen LogP contribution in [-0.4, -0.2) is 25.4 Å². The number of rotatable bonds is 3. The number of allylic oxidation sites excluding steroid dienone is 1. The Labute approximate surface area is 79.9 Å². The molecule has 0 fully saturated rings. The SMILES string of the molecule is CC(C)=CCNC(=O)OCC(F)(F)F. The second kappa shape index (κ2) is 5.51. The highest BCUT2D eigenvalue weighted by Crippen LogP contribution is 2.14. The molecule has 0 atom stereocenters. The lowest BCUT2D eigenvalue weighted by Crippen LogP contribution is -2.29. The molecule has 0 unspecified atom stereocenters. The van der Waals surface area contributed by atoms with E-state index in [1.165, 1.54) is 0 Å². The summed E-state index contributed by atoms with van der Waals surface area (Å²) in [6, 6.07) is 0. The Balaban J connectivity index is 3.62. The van der Waals surface area contributed by atoms with Gasteiger partial charge in [0.2, 0.25) is 0 Å². The molecule has 14 heavy (non-hydrogen) atoms. The van der Waals surface area contributed by atoms with Crippen LogP contribution in [0.15, 0.2) is 11.6 Å². The van der Waals surface area contributed by atoms with Gasteiger partial charge in [-0.05, 0) is 13.8 Å². The Morgan fingerprint density at radius 2 is 2.00 bits per heavy atom. The lowest BCUT2D eigenvalue weighted by Gasteiger charge is -2.07. The summed E-state index contributed by atoms with van der Waals surface area (Å²) < 4.78 is 38.5. The summed E-state index contributed by atoms with van der Waals surface area (Å²) in [5, 5.41) is 2.15. The average Bonchev–Trinajstić information content (AvgIpc) is 1.99. The van der Waals surface area contributed by atoms with E-state index < -0.39 is 18.9 Å². The van der Waals surface area contributed by atoms with Gasteiger partial charge < -0.3 is 10.1 Å². The van der Waals surface area contributed by atoms with Crippen molar-refractivity contribution in [3.05, 3.63) is 11.6 Å². The molecule has 0 aliphatic carbocycles. The Kier molecular flexibility index (Phi) is 5.04. The van der Waals surface area contributed by atoms with E-state index in [4.69, 9.17) is 0 Å². The van der Waals surface area contributed by atoms with Gasteiger partial charge in [0.1, 0.15) is 0 Å². The van der Waals surface area contributed by atoms with Crippen LogP contribution in [0.2, 0.25) is 0 Å². The van der Waals surface area contributed by atoms with Crippen molar-refractivity contribution in [1.82, 2.24) is 5.32 Å². The maximum Gasteiger partial charge on any atom is 0.422 e. The van der Waals surface area contributed by atoms with Crippen molar-refractivity contribution in [2.45, 2.75) is 20.0 Å². The largest absolute Gasteiger partial charge is 0.440 e. The second-order valence-corrected chi connectivity index (χ2v) is 2.85. The van der Waals surface area contributed by atoms with Gasteiger partial charge in [-0.3, -0.25) is 0 Å². The van der Waals surface area contributed by atoms with Crippen molar-refractivity contribution in [1.29, 1.82) is 0 Å². The Morgan fingerprint density at radius 3 is 2.43 bits per heavy atom. The number of halogens is 3. The first-order chi connectivity index (χ1) is 6.31. The highest BCUT2D eigenvalue weighted by molar-refractivity contribution is 5.67. The van der Waals surface area contributed by atoms with E-state index in [0.717, 1.165) is 5.57 Å². The van der Waals surface area contributed by atoms with Crippen LogP contribution in [0, 0.1) is 0 Å².